The van der Waals surface area contributed by atoms with Gasteiger partial charge >= 0.3 is 0 Å². The highest BCUT2D eigenvalue weighted by atomic mass is 32.1. The van der Waals surface area contributed by atoms with E-state index in [1.54, 1.807) is 6.07 Å². The SMILES string of the molecule is CCc1ccc(-c2cc(F)c(-c3ccc(CC)s3)c(F)c2)cc1. The Morgan fingerprint density at radius 3 is 1.96 bits per heavy atom. The number of thiophene rings is 1. The number of hydrogen-bond acceptors (Lipinski definition) is 1. The number of hydrogen-bond donors (Lipinski definition) is 0. The Kier molecular flexibility index (Phi) is 4.58. The Hall–Kier alpha value is -2.00. The Morgan fingerprint density at radius 1 is 0.783 bits per heavy atom. The average molecular weight is 328 g/mol. The molecule has 0 saturated heterocycles. The highest BCUT2D eigenvalue weighted by Crippen LogP contribution is 2.35. The van der Waals surface area contributed by atoms with Gasteiger partial charge in [0.05, 0.1) is 5.56 Å². The van der Waals surface area contributed by atoms with Gasteiger partial charge in [0.25, 0.3) is 0 Å². The molecule has 118 valence electrons. The first-order chi connectivity index (χ1) is 11.1. The molecular formula is C20H18F2S. The summed E-state index contributed by atoms with van der Waals surface area (Å²) in [6.45, 7) is 4.11. The van der Waals surface area contributed by atoms with Crippen molar-refractivity contribution < 1.29 is 8.78 Å². The van der Waals surface area contributed by atoms with Gasteiger partial charge in [-0.15, -0.1) is 11.3 Å². The van der Waals surface area contributed by atoms with Crippen molar-refractivity contribution in [1.82, 2.24) is 0 Å². The molecule has 0 radical (unpaired) electrons. The third kappa shape index (κ3) is 3.20. The zero-order valence-corrected chi connectivity index (χ0v) is 14.0. The summed E-state index contributed by atoms with van der Waals surface area (Å²) in [5, 5.41) is 0. The first-order valence-electron chi connectivity index (χ1n) is 7.79. The van der Waals surface area contributed by atoms with Crippen molar-refractivity contribution >= 4 is 11.3 Å². The van der Waals surface area contributed by atoms with E-state index in [2.05, 4.69) is 6.92 Å². The maximum atomic E-state index is 14.5. The lowest BCUT2D eigenvalue weighted by molar-refractivity contribution is 0.591. The van der Waals surface area contributed by atoms with Crippen molar-refractivity contribution in [3.05, 3.63) is 70.6 Å². The fourth-order valence-corrected chi connectivity index (χ4v) is 3.61. The highest BCUT2D eigenvalue weighted by Gasteiger charge is 2.15. The number of aryl methyl sites for hydroxylation is 2. The van der Waals surface area contributed by atoms with Gasteiger partial charge < -0.3 is 0 Å². The van der Waals surface area contributed by atoms with Gasteiger partial charge in [-0.25, -0.2) is 8.78 Å². The summed E-state index contributed by atoms with van der Waals surface area (Å²) in [6, 6.07) is 14.4. The van der Waals surface area contributed by atoms with Gasteiger partial charge in [0.15, 0.2) is 0 Å². The summed E-state index contributed by atoms with van der Waals surface area (Å²) in [7, 11) is 0. The smallest absolute Gasteiger partial charge is 0.135 e. The van der Waals surface area contributed by atoms with Crippen LogP contribution in [0.2, 0.25) is 0 Å². The molecule has 3 heteroatoms. The van der Waals surface area contributed by atoms with Crippen LogP contribution >= 0.6 is 11.3 Å². The second-order valence-corrected chi connectivity index (χ2v) is 6.65. The molecule has 0 nitrogen and oxygen atoms in total. The Labute approximate surface area is 139 Å². The zero-order valence-electron chi connectivity index (χ0n) is 13.2. The van der Waals surface area contributed by atoms with E-state index >= 15 is 0 Å². The van der Waals surface area contributed by atoms with Crippen LogP contribution in [0.15, 0.2) is 48.5 Å². The van der Waals surface area contributed by atoms with Gasteiger partial charge in [-0.05, 0) is 53.8 Å². The fourth-order valence-electron chi connectivity index (χ4n) is 2.61. The van der Waals surface area contributed by atoms with E-state index in [-0.39, 0.29) is 5.56 Å². The molecule has 23 heavy (non-hydrogen) atoms. The maximum Gasteiger partial charge on any atom is 0.135 e. The quantitative estimate of drug-likeness (QED) is 0.514. The van der Waals surface area contributed by atoms with Crippen LogP contribution in [0.3, 0.4) is 0 Å². The third-order valence-electron chi connectivity index (χ3n) is 3.99. The van der Waals surface area contributed by atoms with E-state index in [9.17, 15) is 8.78 Å². The molecule has 0 aliphatic heterocycles. The number of halogens is 2. The van der Waals surface area contributed by atoms with Crippen LogP contribution in [0.5, 0.6) is 0 Å². The van der Waals surface area contributed by atoms with E-state index in [4.69, 9.17) is 0 Å². The minimum atomic E-state index is -0.510. The molecule has 0 atom stereocenters. The van der Waals surface area contributed by atoms with E-state index in [0.717, 1.165) is 23.3 Å². The van der Waals surface area contributed by atoms with Crippen molar-refractivity contribution in [3.63, 3.8) is 0 Å². The summed E-state index contributed by atoms with van der Waals surface area (Å²) in [6.07, 6.45) is 1.82. The zero-order chi connectivity index (χ0) is 16.4. The molecule has 0 spiro atoms. The molecule has 0 aliphatic rings. The van der Waals surface area contributed by atoms with Gasteiger partial charge in [-0.3, -0.25) is 0 Å². The Bertz CT molecular complexity index is 793. The summed E-state index contributed by atoms with van der Waals surface area (Å²) in [5.41, 5.74) is 2.67. The van der Waals surface area contributed by atoms with E-state index in [1.807, 2.05) is 37.3 Å². The molecule has 0 N–H and O–H groups in total. The van der Waals surface area contributed by atoms with Gasteiger partial charge in [-0.1, -0.05) is 38.1 Å². The van der Waals surface area contributed by atoms with Gasteiger partial charge in [0.1, 0.15) is 11.6 Å². The molecular weight excluding hydrogens is 310 g/mol. The first kappa shape index (κ1) is 15.9. The lowest BCUT2D eigenvalue weighted by Crippen LogP contribution is -1.91. The molecule has 2 aromatic carbocycles. The van der Waals surface area contributed by atoms with Crippen LogP contribution in [0.4, 0.5) is 8.78 Å². The topological polar surface area (TPSA) is 0 Å². The Balaban J connectivity index is 2.02. The van der Waals surface area contributed by atoms with E-state index in [1.165, 1.54) is 29.0 Å². The second kappa shape index (κ2) is 6.63. The molecule has 1 heterocycles. The van der Waals surface area contributed by atoms with Crippen molar-refractivity contribution in [2.75, 3.05) is 0 Å². The van der Waals surface area contributed by atoms with Crippen molar-refractivity contribution in [2.45, 2.75) is 26.7 Å². The molecule has 0 unspecified atom stereocenters. The molecule has 0 amide bonds. The molecule has 0 saturated carbocycles. The summed E-state index contributed by atoms with van der Waals surface area (Å²) in [4.78, 5) is 1.77. The van der Waals surface area contributed by atoms with Crippen LogP contribution in [-0.4, -0.2) is 0 Å². The van der Waals surface area contributed by atoms with Gasteiger partial charge in [0.2, 0.25) is 0 Å². The molecule has 0 bridgehead atoms. The lowest BCUT2D eigenvalue weighted by atomic mass is 10.0. The highest BCUT2D eigenvalue weighted by molar-refractivity contribution is 7.15. The molecule has 3 rings (SSSR count). The van der Waals surface area contributed by atoms with Crippen molar-refractivity contribution in [3.8, 4) is 21.6 Å². The molecule has 1 aromatic heterocycles. The van der Waals surface area contributed by atoms with Crippen LogP contribution in [0, 0.1) is 11.6 Å². The number of benzene rings is 2. The van der Waals surface area contributed by atoms with E-state index < -0.39 is 11.6 Å². The monoisotopic (exact) mass is 328 g/mol. The second-order valence-electron chi connectivity index (χ2n) is 5.48. The predicted octanol–water partition coefficient (Wildman–Crippen LogP) is 6.49. The van der Waals surface area contributed by atoms with E-state index in [0.29, 0.717) is 10.4 Å². The maximum absolute atomic E-state index is 14.5. The first-order valence-corrected chi connectivity index (χ1v) is 8.61. The van der Waals surface area contributed by atoms with Crippen LogP contribution < -0.4 is 0 Å². The lowest BCUT2D eigenvalue weighted by Gasteiger charge is -2.08. The van der Waals surface area contributed by atoms with Gasteiger partial charge in [0, 0.05) is 9.75 Å². The van der Waals surface area contributed by atoms with Crippen LogP contribution in [0.25, 0.3) is 21.6 Å². The normalized spacial score (nSPS) is 11.0. The minimum absolute atomic E-state index is 0.0728. The molecule has 0 fully saturated rings. The van der Waals surface area contributed by atoms with Crippen molar-refractivity contribution in [2.24, 2.45) is 0 Å². The largest absolute Gasteiger partial charge is 0.206 e. The van der Waals surface area contributed by atoms with Crippen LogP contribution in [0.1, 0.15) is 24.3 Å². The standard InChI is InChI=1S/C20H18F2S/c1-3-13-5-7-14(8-6-13)15-11-17(21)20(18(22)12-15)19-10-9-16(4-2)23-19/h5-12H,3-4H2,1-2H3. The summed E-state index contributed by atoms with van der Waals surface area (Å²) in [5.74, 6) is -1.02. The van der Waals surface area contributed by atoms with Gasteiger partial charge in [-0.2, -0.15) is 0 Å². The predicted molar refractivity (Wildman–Crippen MR) is 93.9 cm³/mol. The average Bonchev–Trinajstić information content (AvgIpc) is 3.03. The summed E-state index contributed by atoms with van der Waals surface area (Å²) >= 11 is 1.44. The number of rotatable bonds is 4. The third-order valence-corrected chi connectivity index (χ3v) is 5.24. The fraction of sp³-hybridized carbons (Fsp3) is 0.200. The molecule has 3 aromatic rings. The van der Waals surface area contributed by atoms with Crippen molar-refractivity contribution in [1.29, 1.82) is 0 Å². The van der Waals surface area contributed by atoms with Crippen LogP contribution in [-0.2, 0) is 12.8 Å². The molecule has 0 aliphatic carbocycles. The summed E-state index contributed by atoms with van der Waals surface area (Å²) < 4.78 is 29.0. The minimum Gasteiger partial charge on any atom is -0.206 e. The Morgan fingerprint density at radius 2 is 1.43 bits per heavy atom.